The Morgan fingerprint density at radius 2 is 1.81 bits per heavy atom. The molecule has 0 bridgehead atoms. The zero-order valence-corrected chi connectivity index (χ0v) is 22.2. The summed E-state index contributed by atoms with van der Waals surface area (Å²) in [5.41, 5.74) is -0.155. The number of carbonyl (C=O) groups excluding carboxylic acids is 4. The van der Waals surface area contributed by atoms with E-state index >= 15 is 0 Å². The largest absolute Gasteiger partial charge is 0.464 e. The molecule has 2 atom stereocenters. The number of carbonyl (C=O) groups is 4. The Morgan fingerprint density at radius 1 is 1.14 bits per heavy atom. The topological polar surface area (TPSA) is 105 Å². The van der Waals surface area contributed by atoms with E-state index in [0.29, 0.717) is 10.0 Å². The molecule has 0 spiro atoms. The summed E-state index contributed by atoms with van der Waals surface area (Å²) in [4.78, 5) is 53.0. The molecule has 0 radical (unpaired) electrons. The maximum Gasteiger partial charge on any atom is 0.407 e. The lowest BCUT2D eigenvalue weighted by atomic mass is 9.87. The lowest BCUT2D eigenvalue weighted by molar-refractivity contribution is -0.140. The van der Waals surface area contributed by atoms with E-state index < -0.39 is 35.6 Å². The third-order valence-electron chi connectivity index (χ3n) is 5.96. The summed E-state index contributed by atoms with van der Waals surface area (Å²) < 4.78 is 11.2. The molecular weight excluding hydrogens is 577 g/mol. The van der Waals surface area contributed by atoms with Crippen LogP contribution in [0.3, 0.4) is 0 Å². The van der Waals surface area contributed by atoms with Crippen molar-refractivity contribution in [3.8, 4) is 0 Å². The summed E-state index contributed by atoms with van der Waals surface area (Å²) in [6.45, 7) is 1.37. The Balaban J connectivity index is 1.57. The molecule has 2 fully saturated rings. The van der Waals surface area contributed by atoms with E-state index in [1.165, 1.54) is 30.0 Å². The average molecular weight is 599 g/mol. The van der Waals surface area contributed by atoms with Crippen molar-refractivity contribution in [2.24, 2.45) is 0 Å². The Bertz CT molecular complexity index is 1190. The molecule has 0 aliphatic carbocycles. The van der Waals surface area contributed by atoms with Crippen LogP contribution >= 0.6 is 39.1 Å². The second-order valence-electron chi connectivity index (χ2n) is 8.49. The predicted molar refractivity (Wildman–Crippen MR) is 136 cm³/mol. The van der Waals surface area contributed by atoms with Gasteiger partial charge in [-0.1, -0.05) is 51.3 Å². The number of amides is 4. The monoisotopic (exact) mass is 597 g/mol. The molecule has 4 amide bonds. The number of fused-ring (bicyclic) bond motifs is 1. The van der Waals surface area contributed by atoms with E-state index in [2.05, 4.69) is 21.2 Å². The lowest BCUT2D eigenvalue weighted by Gasteiger charge is -2.28. The Morgan fingerprint density at radius 3 is 2.44 bits per heavy atom. The molecule has 2 saturated heterocycles. The summed E-state index contributed by atoms with van der Waals surface area (Å²) in [6.07, 6.45) is -1.11. The molecule has 4 rings (SSSR count). The fraction of sp³-hybridized carbons (Fsp3) is 0.333. The zero-order valence-electron chi connectivity index (χ0n) is 19.1. The van der Waals surface area contributed by atoms with Gasteiger partial charge >= 0.3 is 18.1 Å². The van der Waals surface area contributed by atoms with Crippen LogP contribution in [-0.2, 0) is 25.5 Å². The van der Waals surface area contributed by atoms with Gasteiger partial charge in [-0.15, -0.1) is 0 Å². The van der Waals surface area contributed by atoms with Crippen LogP contribution in [0.15, 0.2) is 46.9 Å². The molecule has 2 heterocycles. The summed E-state index contributed by atoms with van der Waals surface area (Å²) in [7, 11) is 0. The normalized spacial score (nSPS) is 20.9. The number of nitrogens with zero attached hydrogens (tertiary/aromatic N) is 2. The van der Waals surface area contributed by atoms with Gasteiger partial charge in [-0.25, -0.2) is 14.5 Å². The first-order chi connectivity index (χ1) is 17.1. The number of hydrogen-bond acceptors (Lipinski definition) is 6. The van der Waals surface area contributed by atoms with Crippen LogP contribution in [0.1, 0.15) is 18.9 Å². The summed E-state index contributed by atoms with van der Waals surface area (Å²) in [5.74, 6) is -0.908. The van der Waals surface area contributed by atoms with Crippen molar-refractivity contribution in [1.29, 1.82) is 0 Å². The van der Waals surface area contributed by atoms with E-state index in [9.17, 15) is 19.2 Å². The number of alkyl carbamates (subject to hydrolysis) is 1. The van der Waals surface area contributed by atoms with Gasteiger partial charge in [-0.3, -0.25) is 9.59 Å². The van der Waals surface area contributed by atoms with Crippen molar-refractivity contribution < 1.29 is 28.7 Å². The minimum atomic E-state index is -1.26. The first kappa shape index (κ1) is 26.2. The highest BCUT2D eigenvalue weighted by Gasteiger charge is 2.63. The molecule has 0 saturated carbocycles. The minimum Gasteiger partial charge on any atom is -0.464 e. The van der Waals surface area contributed by atoms with Gasteiger partial charge in [-0.05, 0) is 35.9 Å². The smallest absolute Gasteiger partial charge is 0.407 e. The number of halogens is 3. The third kappa shape index (κ3) is 5.45. The zero-order chi connectivity index (χ0) is 26.0. The van der Waals surface area contributed by atoms with Gasteiger partial charge in [0.25, 0.3) is 5.91 Å². The molecule has 12 heteroatoms. The van der Waals surface area contributed by atoms with Crippen LogP contribution in [0.2, 0.25) is 10.0 Å². The third-order valence-corrected chi connectivity index (χ3v) is 6.92. The number of nitrogens with one attached hydrogen (secondary N) is 1. The minimum absolute atomic E-state index is 0.00283. The molecular formula is C24H22BrCl2N3O6. The number of imide groups is 1. The standard InChI is InChI=1S/C24H22BrCl2N3O6/c1-14(31)35-7-6-28-22(33)36-20-12-24(11-15-2-4-16(25)5-3-15)21(32)30(23(34)29(24)13-20)19-9-17(26)8-18(27)10-19/h2-5,8-10,20H,6-7,11-13H2,1H3,(H,28,33)/t20-,24+/m1/s1. The van der Waals surface area contributed by atoms with Crippen molar-refractivity contribution in [2.45, 2.75) is 31.4 Å². The van der Waals surface area contributed by atoms with Crippen LogP contribution in [0.25, 0.3) is 0 Å². The Hall–Kier alpha value is -2.82. The lowest BCUT2D eigenvalue weighted by Crippen LogP contribution is -2.47. The van der Waals surface area contributed by atoms with Crippen molar-refractivity contribution in [2.75, 3.05) is 24.6 Å². The molecule has 36 heavy (non-hydrogen) atoms. The van der Waals surface area contributed by atoms with Crippen molar-refractivity contribution >= 4 is 68.8 Å². The van der Waals surface area contributed by atoms with Crippen LogP contribution in [0.5, 0.6) is 0 Å². The fourth-order valence-corrected chi connectivity index (χ4v) is 5.29. The molecule has 9 nitrogen and oxygen atoms in total. The number of benzene rings is 2. The van der Waals surface area contributed by atoms with Gasteiger partial charge in [0.05, 0.1) is 18.8 Å². The van der Waals surface area contributed by atoms with E-state index in [4.69, 9.17) is 32.7 Å². The van der Waals surface area contributed by atoms with E-state index in [-0.39, 0.29) is 38.2 Å². The molecule has 2 aliphatic heterocycles. The second-order valence-corrected chi connectivity index (χ2v) is 10.3. The second kappa shape index (κ2) is 10.7. The van der Waals surface area contributed by atoms with Gasteiger partial charge in [0.1, 0.15) is 18.2 Å². The maximum absolute atomic E-state index is 13.9. The van der Waals surface area contributed by atoms with Gasteiger partial charge in [-0.2, -0.15) is 0 Å². The number of anilines is 1. The predicted octanol–water partition coefficient (Wildman–Crippen LogP) is 4.57. The van der Waals surface area contributed by atoms with Gasteiger partial charge in [0.15, 0.2) is 0 Å². The van der Waals surface area contributed by atoms with Crippen LogP contribution in [-0.4, -0.2) is 60.2 Å². The number of hydrogen-bond donors (Lipinski definition) is 1. The Labute approximate surface area is 225 Å². The van der Waals surface area contributed by atoms with Crippen molar-refractivity contribution in [1.82, 2.24) is 10.2 Å². The molecule has 0 unspecified atom stereocenters. The van der Waals surface area contributed by atoms with E-state index in [1.54, 1.807) is 0 Å². The van der Waals surface area contributed by atoms with Crippen LogP contribution < -0.4 is 10.2 Å². The SMILES string of the molecule is CC(=O)OCCNC(=O)O[C@H]1CN2C(=O)N(c3cc(Cl)cc(Cl)c3)C(=O)[C@]2(Cc2ccc(Br)cc2)C1. The highest BCUT2D eigenvalue weighted by molar-refractivity contribution is 9.10. The highest BCUT2D eigenvalue weighted by Crippen LogP contribution is 2.44. The quantitative estimate of drug-likeness (QED) is 0.284. The van der Waals surface area contributed by atoms with E-state index in [0.717, 1.165) is 14.9 Å². The summed E-state index contributed by atoms with van der Waals surface area (Å²) >= 11 is 15.7. The summed E-state index contributed by atoms with van der Waals surface area (Å²) in [5, 5.41) is 3.08. The van der Waals surface area contributed by atoms with Gasteiger partial charge in [0.2, 0.25) is 0 Å². The average Bonchev–Trinajstić information content (AvgIpc) is 3.24. The molecule has 2 aromatic rings. The van der Waals surface area contributed by atoms with Gasteiger partial charge < -0.3 is 19.7 Å². The number of esters is 1. The fourth-order valence-electron chi connectivity index (χ4n) is 4.51. The van der Waals surface area contributed by atoms with Gasteiger partial charge in [0, 0.05) is 34.3 Å². The first-order valence-electron chi connectivity index (χ1n) is 11.0. The molecule has 2 aliphatic rings. The maximum atomic E-state index is 13.9. The van der Waals surface area contributed by atoms with Crippen molar-refractivity contribution in [3.63, 3.8) is 0 Å². The highest BCUT2D eigenvalue weighted by atomic mass is 79.9. The summed E-state index contributed by atoms with van der Waals surface area (Å²) in [6, 6.07) is 11.4. The van der Waals surface area contributed by atoms with Crippen LogP contribution in [0, 0.1) is 0 Å². The van der Waals surface area contributed by atoms with E-state index in [1.807, 2.05) is 24.3 Å². The molecule has 1 N–H and O–H groups in total. The number of rotatable bonds is 7. The molecule has 0 aromatic heterocycles. The molecule has 190 valence electrons. The number of urea groups is 1. The number of ether oxygens (including phenoxy) is 2. The van der Waals surface area contributed by atoms with Crippen LogP contribution in [0.4, 0.5) is 15.3 Å². The first-order valence-corrected chi connectivity index (χ1v) is 12.6. The molecule has 2 aromatic carbocycles. The van der Waals surface area contributed by atoms with Crippen molar-refractivity contribution in [3.05, 3.63) is 62.5 Å². The Kier molecular flexibility index (Phi) is 7.77.